The van der Waals surface area contributed by atoms with Crippen LogP contribution in [0.3, 0.4) is 0 Å². The van der Waals surface area contributed by atoms with Gasteiger partial charge >= 0.3 is 0 Å². The van der Waals surface area contributed by atoms with Crippen LogP contribution in [0.1, 0.15) is 11.0 Å². The van der Waals surface area contributed by atoms with E-state index < -0.39 is 12.8 Å². The van der Waals surface area contributed by atoms with Gasteiger partial charge in [-0.3, -0.25) is 4.79 Å². The van der Waals surface area contributed by atoms with E-state index in [9.17, 15) is 4.79 Å². The predicted octanol–water partition coefficient (Wildman–Crippen LogP) is 1.35. The number of rotatable bonds is 1. The summed E-state index contributed by atoms with van der Waals surface area (Å²) in [5.74, 6) is -0.986. The first kappa shape index (κ1) is 4.38. The summed E-state index contributed by atoms with van der Waals surface area (Å²) in [6.45, 7) is -2.65. The van der Waals surface area contributed by atoms with E-state index in [1.54, 1.807) is 0 Å². The SMILES string of the molecule is [2H]C([2H])([2H])C(=O)Nc1ccc(O)cc1. The topological polar surface area (TPSA) is 49.3 Å². The predicted molar refractivity (Wildman–Crippen MR) is 42.4 cm³/mol. The molecule has 0 saturated carbocycles. The second-order valence-corrected chi connectivity index (χ2v) is 2.00. The number of anilines is 1. The maximum Gasteiger partial charge on any atom is 0.221 e. The standard InChI is InChI=1S/C8H9NO2/c1-6(10)9-7-2-4-8(11)5-3-7/h2-5,11H,1H3,(H,9,10)/i1D3. The lowest BCUT2D eigenvalue weighted by atomic mass is 10.3. The van der Waals surface area contributed by atoms with E-state index in [-0.39, 0.29) is 5.75 Å². The molecule has 0 aliphatic heterocycles. The Bertz CT molecular complexity index is 331. The Labute approximate surface area is 68.9 Å². The third-order valence-corrected chi connectivity index (χ3v) is 1.13. The van der Waals surface area contributed by atoms with Gasteiger partial charge in [0.05, 0.1) is 0 Å². The highest BCUT2D eigenvalue weighted by Gasteiger charge is 1.93. The van der Waals surface area contributed by atoms with Gasteiger partial charge in [0.25, 0.3) is 0 Å². The van der Waals surface area contributed by atoms with E-state index >= 15 is 0 Å². The number of aromatic hydroxyl groups is 1. The van der Waals surface area contributed by atoms with Crippen LogP contribution in [0.25, 0.3) is 0 Å². The van der Waals surface area contributed by atoms with Gasteiger partial charge in [-0.1, -0.05) is 0 Å². The summed E-state index contributed by atoms with van der Waals surface area (Å²) in [4.78, 5) is 11.0. The van der Waals surface area contributed by atoms with E-state index in [1.165, 1.54) is 24.3 Å². The van der Waals surface area contributed by atoms with Crippen molar-refractivity contribution >= 4 is 11.6 Å². The van der Waals surface area contributed by atoms with Gasteiger partial charge in [-0.25, -0.2) is 0 Å². The summed E-state index contributed by atoms with van der Waals surface area (Å²) in [6, 6.07) is 5.54. The fourth-order valence-corrected chi connectivity index (χ4v) is 0.676. The van der Waals surface area contributed by atoms with Crippen LogP contribution in [0.2, 0.25) is 0 Å². The Hall–Kier alpha value is -1.51. The number of carbonyl (C=O) groups excluding carboxylic acids is 1. The van der Waals surface area contributed by atoms with Crippen LogP contribution in [0, 0.1) is 0 Å². The average molecular weight is 154 g/mol. The molecule has 1 rings (SSSR count). The second-order valence-electron chi connectivity index (χ2n) is 2.00. The van der Waals surface area contributed by atoms with E-state index in [2.05, 4.69) is 5.32 Å². The molecular formula is C8H9NO2. The van der Waals surface area contributed by atoms with Crippen molar-refractivity contribution in [3.8, 4) is 5.75 Å². The van der Waals surface area contributed by atoms with Crippen molar-refractivity contribution in [2.24, 2.45) is 0 Å². The van der Waals surface area contributed by atoms with Crippen molar-refractivity contribution in [1.82, 2.24) is 0 Å². The van der Waals surface area contributed by atoms with Gasteiger partial charge in [0.1, 0.15) is 5.75 Å². The normalized spacial score (nSPS) is 14.4. The minimum atomic E-state index is -2.65. The molecule has 0 radical (unpaired) electrons. The Morgan fingerprint density at radius 2 is 2.18 bits per heavy atom. The number of carbonyl (C=O) groups is 1. The fraction of sp³-hybridized carbons (Fsp3) is 0.125. The van der Waals surface area contributed by atoms with Crippen molar-refractivity contribution in [1.29, 1.82) is 0 Å². The zero-order valence-corrected chi connectivity index (χ0v) is 5.66. The van der Waals surface area contributed by atoms with Crippen LogP contribution in [0.5, 0.6) is 5.75 Å². The molecule has 0 aromatic heterocycles. The Morgan fingerprint density at radius 3 is 2.73 bits per heavy atom. The molecular weight excluding hydrogens is 142 g/mol. The van der Waals surface area contributed by atoms with Gasteiger partial charge in [0, 0.05) is 16.7 Å². The molecule has 11 heavy (non-hydrogen) atoms. The lowest BCUT2D eigenvalue weighted by molar-refractivity contribution is -0.114. The molecule has 0 aliphatic rings. The van der Waals surface area contributed by atoms with Crippen molar-refractivity contribution < 1.29 is 14.0 Å². The molecule has 0 saturated heterocycles. The third-order valence-electron chi connectivity index (χ3n) is 1.13. The lowest BCUT2D eigenvalue weighted by Gasteiger charge is -1.99. The molecule has 0 bridgehead atoms. The molecule has 2 N–H and O–H groups in total. The number of hydrogen-bond donors (Lipinski definition) is 2. The summed E-state index contributed by atoms with van der Waals surface area (Å²) in [7, 11) is 0. The molecule has 0 fully saturated rings. The number of hydrogen-bond acceptors (Lipinski definition) is 2. The summed E-state index contributed by atoms with van der Waals surface area (Å²) >= 11 is 0. The summed E-state index contributed by atoms with van der Waals surface area (Å²) in [6.07, 6.45) is 0. The summed E-state index contributed by atoms with van der Waals surface area (Å²) in [5, 5.41) is 11.1. The number of phenols is 1. The highest BCUT2D eigenvalue weighted by atomic mass is 16.3. The molecule has 0 unspecified atom stereocenters. The molecule has 0 heterocycles. The number of phenolic OH excluding ortho intramolecular Hbond substituents is 1. The van der Waals surface area contributed by atoms with Crippen molar-refractivity contribution in [3.63, 3.8) is 0 Å². The first-order chi connectivity index (χ1) is 6.39. The molecule has 58 valence electrons. The second kappa shape index (κ2) is 3.05. The number of benzene rings is 1. The lowest BCUT2D eigenvalue weighted by Crippen LogP contribution is -2.04. The molecule has 0 spiro atoms. The van der Waals surface area contributed by atoms with Gasteiger partial charge in [-0.15, -0.1) is 0 Å². The number of amides is 1. The monoisotopic (exact) mass is 154 g/mol. The molecule has 1 aromatic carbocycles. The van der Waals surface area contributed by atoms with Gasteiger partial charge in [-0.2, -0.15) is 0 Å². The van der Waals surface area contributed by atoms with Crippen molar-refractivity contribution in [2.75, 3.05) is 5.32 Å². The van der Waals surface area contributed by atoms with E-state index in [0.717, 1.165) is 0 Å². The molecule has 0 aliphatic carbocycles. The highest BCUT2D eigenvalue weighted by Crippen LogP contribution is 2.13. The first-order valence-corrected chi connectivity index (χ1v) is 3.00. The minimum absolute atomic E-state index is 0.0527. The largest absolute Gasteiger partial charge is 0.508 e. The average Bonchev–Trinajstić information content (AvgIpc) is 2.07. The first-order valence-electron chi connectivity index (χ1n) is 4.50. The minimum Gasteiger partial charge on any atom is -0.508 e. The Kier molecular flexibility index (Phi) is 1.22. The van der Waals surface area contributed by atoms with Crippen molar-refractivity contribution in [3.05, 3.63) is 24.3 Å². The Balaban J connectivity index is 2.71. The Morgan fingerprint density at radius 1 is 1.55 bits per heavy atom. The number of nitrogens with one attached hydrogen (secondary N) is 1. The van der Waals surface area contributed by atoms with Crippen molar-refractivity contribution in [2.45, 2.75) is 6.85 Å². The van der Waals surface area contributed by atoms with E-state index in [4.69, 9.17) is 9.22 Å². The summed E-state index contributed by atoms with van der Waals surface area (Å²) < 4.78 is 20.4. The molecule has 0 atom stereocenters. The third kappa shape index (κ3) is 2.29. The molecule has 3 heteroatoms. The van der Waals surface area contributed by atoms with Gasteiger partial charge in [0.15, 0.2) is 0 Å². The highest BCUT2D eigenvalue weighted by molar-refractivity contribution is 5.88. The van der Waals surface area contributed by atoms with Crippen LogP contribution in [0.15, 0.2) is 24.3 Å². The van der Waals surface area contributed by atoms with Gasteiger partial charge in [-0.05, 0) is 24.3 Å². The maximum atomic E-state index is 11.0. The van der Waals surface area contributed by atoms with Gasteiger partial charge in [0.2, 0.25) is 5.91 Å². The van der Waals surface area contributed by atoms with E-state index in [1.807, 2.05) is 0 Å². The zero-order valence-electron chi connectivity index (χ0n) is 8.66. The quantitative estimate of drug-likeness (QED) is 0.600. The summed E-state index contributed by atoms with van der Waals surface area (Å²) in [5.41, 5.74) is 0.337. The molecule has 1 amide bonds. The van der Waals surface area contributed by atoms with Crippen LogP contribution in [-0.4, -0.2) is 11.0 Å². The van der Waals surface area contributed by atoms with Crippen LogP contribution in [0.4, 0.5) is 5.69 Å². The van der Waals surface area contributed by atoms with E-state index in [0.29, 0.717) is 5.69 Å². The fourth-order valence-electron chi connectivity index (χ4n) is 0.676. The smallest absolute Gasteiger partial charge is 0.221 e. The molecule has 1 aromatic rings. The maximum absolute atomic E-state index is 11.0. The van der Waals surface area contributed by atoms with Crippen LogP contribution >= 0.6 is 0 Å². The zero-order chi connectivity index (χ0) is 10.8. The molecule has 3 nitrogen and oxygen atoms in total. The van der Waals surface area contributed by atoms with Crippen LogP contribution in [-0.2, 0) is 4.79 Å². The van der Waals surface area contributed by atoms with Gasteiger partial charge < -0.3 is 10.4 Å². The van der Waals surface area contributed by atoms with Crippen LogP contribution < -0.4 is 5.32 Å².